The number of alkyl carbamates (subject to hydrolysis) is 1. The van der Waals surface area contributed by atoms with E-state index in [2.05, 4.69) is 22.1 Å². The zero-order valence-corrected chi connectivity index (χ0v) is 11.0. The highest BCUT2D eigenvalue weighted by Crippen LogP contribution is 2.18. The smallest absolute Gasteiger partial charge is 0.407 e. The Morgan fingerprint density at radius 2 is 2.19 bits per heavy atom. The van der Waals surface area contributed by atoms with Crippen LogP contribution in [0.5, 0.6) is 0 Å². The van der Waals surface area contributed by atoms with Crippen LogP contribution < -0.4 is 5.32 Å². The van der Waals surface area contributed by atoms with Crippen LogP contribution in [0.4, 0.5) is 9.18 Å². The molecule has 1 aliphatic rings. The SMILES string of the molecule is O=C1N[C@H](c2cccc(C#Cc3cccnc3F)c2)CO1. The van der Waals surface area contributed by atoms with E-state index in [0.717, 1.165) is 11.1 Å². The number of nitrogens with one attached hydrogen (secondary N) is 1. The fourth-order valence-corrected chi connectivity index (χ4v) is 2.02. The molecule has 4 nitrogen and oxygen atoms in total. The third-order valence-corrected chi connectivity index (χ3v) is 3.06. The van der Waals surface area contributed by atoms with Crippen molar-refractivity contribution in [1.29, 1.82) is 0 Å². The summed E-state index contributed by atoms with van der Waals surface area (Å²) in [6.45, 7) is 0.299. The molecule has 0 spiro atoms. The number of rotatable bonds is 1. The molecule has 1 fully saturated rings. The summed E-state index contributed by atoms with van der Waals surface area (Å²) in [5, 5.41) is 2.70. The minimum Gasteiger partial charge on any atom is -0.447 e. The van der Waals surface area contributed by atoms with Crippen LogP contribution in [0.2, 0.25) is 0 Å². The molecule has 1 aliphatic heterocycles. The summed E-state index contributed by atoms with van der Waals surface area (Å²) in [7, 11) is 0. The number of halogens is 1. The molecule has 0 unspecified atom stereocenters. The second kappa shape index (κ2) is 5.63. The molecule has 104 valence electrons. The first-order chi connectivity index (χ1) is 10.2. The molecule has 0 saturated carbocycles. The number of nitrogens with zero attached hydrogens (tertiary/aromatic N) is 1. The van der Waals surface area contributed by atoms with E-state index >= 15 is 0 Å². The van der Waals surface area contributed by atoms with Gasteiger partial charge in [0.15, 0.2) is 0 Å². The van der Waals surface area contributed by atoms with Gasteiger partial charge < -0.3 is 10.1 Å². The van der Waals surface area contributed by atoms with E-state index in [9.17, 15) is 9.18 Å². The topological polar surface area (TPSA) is 51.2 Å². The Hall–Kier alpha value is -2.87. The number of hydrogen-bond donors (Lipinski definition) is 1. The highest BCUT2D eigenvalue weighted by molar-refractivity contribution is 5.70. The van der Waals surface area contributed by atoms with E-state index < -0.39 is 12.0 Å². The second-order valence-corrected chi connectivity index (χ2v) is 4.51. The van der Waals surface area contributed by atoms with Gasteiger partial charge in [-0.05, 0) is 29.8 Å². The molecular weight excluding hydrogens is 271 g/mol. The van der Waals surface area contributed by atoms with Crippen molar-refractivity contribution in [3.63, 3.8) is 0 Å². The fourth-order valence-electron chi connectivity index (χ4n) is 2.02. The van der Waals surface area contributed by atoms with Gasteiger partial charge in [0.2, 0.25) is 5.95 Å². The lowest BCUT2D eigenvalue weighted by Gasteiger charge is -2.07. The third-order valence-electron chi connectivity index (χ3n) is 3.06. The molecule has 1 aromatic carbocycles. The number of benzene rings is 1. The molecular formula is C16H11FN2O2. The van der Waals surface area contributed by atoms with Crippen molar-refractivity contribution in [2.24, 2.45) is 0 Å². The first kappa shape index (κ1) is 13.1. The van der Waals surface area contributed by atoms with Gasteiger partial charge >= 0.3 is 6.09 Å². The van der Waals surface area contributed by atoms with Crippen molar-refractivity contribution >= 4 is 6.09 Å². The molecule has 2 aromatic rings. The molecule has 1 saturated heterocycles. The van der Waals surface area contributed by atoms with Gasteiger partial charge in [-0.1, -0.05) is 24.0 Å². The summed E-state index contributed by atoms with van der Waals surface area (Å²) in [5.74, 6) is 5.06. The number of carbonyl (C=O) groups excluding carboxylic acids is 1. The Morgan fingerprint density at radius 3 is 2.95 bits per heavy atom. The number of aromatic nitrogens is 1. The molecule has 0 bridgehead atoms. The first-order valence-electron chi connectivity index (χ1n) is 6.38. The Bertz CT molecular complexity index is 749. The van der Waals surface area contributed by atoms with Crippen molar-refractivity contribution in [2.75, 3.05) is 6.61 Å². The van der Waals surface area contributed by atoms with Crippen LogP contribution in [0, 0.1) is 17.8 Å². The maximum atomic E-state index is 13.4. The number of hydrogen-bond acceptors (Lipinski definition) is 3. The van der Waals surface area contributed by atoms with E-state index in [1.165, 1.54) is 6.20 Å². The highest BCUT2D eigenvalue weighted by Gasteiger charge is 2.23. The Labute approximate surface area is 121 Å². The van der Waals surface area contributed by atoms with Crippen molar-refractivity contribution < 1.29 is 13.9 Å². The zero-order chi connectivity index (χ0) is 14.7. The van der Waals surface area contributed by atoms with Crippen molar-refractivity contribution in [2.45, 2.75) is 6.04 Å². The van der Waals surface area contributed by atoms with E-state index in [4.69, 9.17) is 4.74 Å². The summed E-state index contributed by atoms with van der Waals surface area (Å²) >= 11 is 0. The first-order valence-corrected chi connectivity index (χ1v) is 6.38. The number of carbonyl (C=O) groups is 1. The summed E-state index contributed by atoms with van der Waals surface area (Å²) < 4.78 is 18.2. The molecule has 1 aromatic heterocycles. The van der Waals surface area contributed by atoms with Crippen LogP contribution in [0.25, 0.3) is 0 Å². The maximum absolute atomic E-state index is 13.4. The molecule has 0 aliphatic carbocycles. The van der Waals surface area contributed by atoms with Gasteiger partial charge in [-0.15, -0.1) is 0 Å². The van der Waals surface area contributed by atoms with Crippen LogP contribution in [0.3, 0.4) is 0 Å². The number of ether oxygens (including phenoxy) is 1. The predicted molar refractivity (Wildman–Crippen MR) is 73.8 cm³/mol. The molecule has 0 radical (unpaired) electrons. The summed E-state index contributed by atoms with van der Waals surface area (Å²) in [6.07, 6.45) is 0.957. The average Bonchev–Trinajstić information content (AvgIpc) is 2.93. The van der Waals surface area contributed by atoms with Crippen LogP contribution >= 0.6 is 0 Å². The van der Waals surface area contributed by atoms with Crippen molar-refractivity contribution in [3.05, 3.63) is 65.2 Å². The minimum atomic E-state index is -0.586. The Balaban J connectivity index is 1.84. The van der Waals surface area contributed by atoms with Crippen LogP contribution in [-0.4, -0.2) is 17.7 Å². The number of amides is 1. The van der Waals surface area contributed by atoms with Crippen molar-refractivity contribution in [3.8, 4) is 11.8 Å². The Morgan fingerprint density at radius 1 is 1.29 bits per heavy atom. The molecule has 1 atom stereocenters. The van der Waals surface area contributed by atoms with Gasteiger partial charge in [0, 0.05) is 11.8 Å². The lowest BCUT2D eigenvalue weighted by atomic mass is 10.0. The molecule has 2 heterocycles. The standard InChI is InChI=1S/C16H11FN2O2/c17-15-12(5-2-8-18-15)7-6-11-3-1-4-13(9-11)14-10-21-16(20)19-14/h1-5,8-9,14H,10H2,(H,19,20)/t14-/m0/s1. The maximum Gasteiger partial charge on any atom is 0.407 e. The average molecular weight is 282 g/mol. The largest absolute Gasteiger partial charge is 0.447 e. The molecule has 5 heteroatoms. The molecule has 3 rings (SSSR count). The third kappa shape index (κ3) is 3.00. The van der Waals surface area contributed by atoms with E-state index in [-0.39, 0.29) is 11.6 Å². The quantitative estimate of drug-likeness (QED) is 0.645. The summed E-state index contributed by atoms with van der Waals surface area (Å²) in [4.78, 5) is 14.6. The fraction of sp³-hybridized carbons (Fsp3) is 0.125. The zero-order valence-electron chi connectivity index (χ0n) is 11.0. The van der Waals surface area contributed by atoms with Crippen LogP contribution in [0.15, 0.2) is 42.6 Å². The van der Waals surface area contributed by atoms with E-state index in [1.54, 1.807) is 12.1 Å². The highest BCUT2D eigenvalue weighted by atomic mass is 19.1. The van der Waals surface area contributed by atoms with Gasteiger partial charge in [0.25, 0.3) is 0 Å². The van der Waals surface area contributed by atoms with Crippen molar-refractivity contribution in [1.82, 2.24) is 10.3 Å². The molecule has 1 amide bonds. The van der Waals surface area contributed by atoms with Gasteiger partial charge in [0.05, 0.1) is 11.6 Å². The summed E-state index contributed by atoms with van der Waals surface area (Å²) in [6, 6.07) is 10.4. The van der Waals surface area contributed by atoms with E-state index in [1.807, 2.05) is 24.3 Å². The normalized spacial score (nSPS) is 16.6. The number of pyridine rings is 1. The van der Waals surface area contributed by atoms with Gasteiger partial charge in [-0.25, -0.2) is 9.78 Å². The number of cyclic esters (lactones) is 1. The molecule has 1 N–H and O–H groups in total. The van der Waals surface area contributed by atoms with E-state index in [0.29, 0.717) is 6.61 Å². The van der Waals surface area contributed by atoms with Crippen LogP contribution in [-0.2, 0) is 4.74 Å². The lowest BCUT2D eigenvalue weighted by Crippen LogP contribution is -2.18. The van der Waals surface area contributed by atoms with Gasteiger partial charge in [-0.3, -0.25) is 0 Å². The predicted octanol–water partition coefficient (Wildman–Crippen LogP) is 2.40. The summed E-state index contributed by atoms with van der Waals surface area (Å²) in [5.41, 5.74) is 1.89. The van der Waals surface area contributed by atoms with Crippen LogP contribution in [0.1, 0.15) is 22.7 Å². The van der Waals surface area contributed by atoms with Gasteiger partial charge in [0.1, 0.15) is 6.61 Å². The molecule has 21 heavy (non-hydrogen) atoms. The minimum absolute atomic E-state index is 0.172. The Kier molecular flexibility index (Phi) is 3.52. The monoisotopic (exact) mass is 282 g/mol. The van der Waals surface area contributed by atoms with Gasteiger partial charge in [-0.2, -0.15) is 4.39 Å². The lowest BCUT2D eigenvalue weighted by molar-refractivity contribution is 0.177. The second-order valence-electron chi connectivity index (χ2n) is 4.51.